The molecule has 0 radical (unpaired) electrons. The van der Waals surface area contributed by atoms with Crippen molar-refractivity contribution in [3.63, 3.8) is 0 Å². The molecule has 0 saturated heterocycles. The first-order chi connectivity index (χ1) is 13.8. The summed E-state index contributed by atoms with van der Waals surface area (Å²) >= 11 is 6.27. The van der Waals surface area contributed by atoms with Crippen molar-refractivity contribution in [1.29, 1.82) is 0 Å². The molecule has 2 aromatic carbocycles. The Hall–Kier alpha value is -1.71. The van der Waals surface area contributed by atoms with E-state index in [9.17, 15) is 25.5 Å². The number of aliphatic hydroxyl groups excluding tert-OH is 6. The number of benzene rings is 2. The summed E-state index contributed by atoms with van der Waals surface area (Å²) in [6, 6.07) is 12.2. The quantitative estimate of drug-likeness (QED) is 0.331. The lowest BCUT2D eigenvalue weighted by Gasteiger charge is -2.28. The van der Waals surface area contributed by atoms with Crippen LogP contribution in [0.5, 0.6) is 5.75 Å². The second-order valence-corrected chi connectivity index (χ2v) is 7.18. The Bertz CT molecular complexity index is 768. The van der Waals surface area contributed by atoms with Gasteiger partial charge in [-0.3, -0.25) is 0 Å². The zero-order valence-electron chi connectivity index (χ0n) is 16.0. The lowest BCUT2D eigenvalue weighted by molar-refractivity contribution is -0.141. The zero-order valence-corrected chi connectivity index (χ0v) is 16.8. The topological polar surface area (TPSA) is 131 Å². The zero-order chi connectivity index (χ0) is 21.6. The van der Waals surface area contributed by atoms with Crippen LogP contribution in [0, 0.1) is 0 Å². The van der Waals surface area contributed by atoms with Crippen molar-refractivity contribution < 1.29 is 35.4 Å². The second-order valence-electron chi connectivity index (χ2n) is 6.77. The van der Waals surface area contributed by atoms with Gasteiger partial charge in [0.1, 0.15) is 36.3 Å². The fourth-order valence-corrected chi connectivity index (χ4v) is 3.11. The molecule has 160 valence electrons. The molecule has 0 aliphatic heterocycles. The van der Waals surface area contributed by atoms with Gasteiger partial charge in [-0.15, -0.1) is 0 Å². The van der Waals surface area contributed by atoms with Crippen LogP contribution in [0.3, 0.4) is 0 Å². The highest BCUT2D eigenvalue weighted by Crippen LogP contribution is 2.27. The minimum absolute atomic E-state index is 0.285. The van der Waals surface area contributed by atoms with Crippen molar-refractivity contribution in [2.75, 3.05) is 13.2 Å². The van der Waals surface area contributed by atoms with Crippen molar-refractivity contribution in [3.8, 4) is 5.75 Å². The van der Waals surface area contributed by atoms with E-state index in [-0.39, 0.29) is 5.56 Å². The average Bonchev–Trinajstić information content (AvgIpc) is 2.74. The second kappa shape index (κ2) is 10.9. The number of rotatable bonds is 10. The van der Waals surface area contributed by atoms with Crippen LogP contribution in [-0.4, -0.2) is 68.3 Å². The molecule has 5 atom stereocenters. The Balaban J connectivity index is 2.16. The lowest BCUT2D eigenvalue weighted by atomic mass is 9.93. The number of ether oxygens (including phenoxy) is 1. The highest BCUT2D eigenvalue weighted by Gasteiger charge is 2.34. The largest absolute Gasteiger partial charge is 0.494 e. The molecule has 7 nitrogen and oxygen atoms in total. The highest BCUT2D eigenvalue weighted by atomic mass is 35.5. The maximum Gasteiger partial charge on any atom is 0.119 e. The summed E-state index contributed by atoms with van der Waals surface area (Å²) in [5.41, 5.74) is 1.95. The minimum atomic E-state index is -1.86. The normalized spacial score (nSPS) is 16.7. The fraction of sp³-hybridized carbons (Fsp3) is 0.429. The van der Waals surface area contributed by atoms with Gasteiger partial charge in [0.25, 0.3) is 0 Å². The third-order valence-corrected chi connectivity index (χ3v) is 5.01. The summed E-state index contributed by atoms with van der Waals surface area (Å²) in [5, 5.41) is 59.1. The van der Waals surface area contributed by atoms with Gasteiger partial charge >= 0.3 is 0 Å². The molecular formula is C21H27ClO7. The summed E-state index contributed by atoms with van der Waals surface area (Å²) in [6.45, 7) is 1.68. The van der Waals surface area contributed by atoms with Crippen molar-refractivity contribution in [2.45, 2.75) is 43.9 Å². The molecule has 0 saturated carbocycles. The van der Waals surface area contributed by atoms with Gasteiger partial charge < -0.3 is 35.4 Å². The van der Waals surface area contributed by atoms with Crippen LogP contribution < -0.4 is 4.74 Å². The summed E-state index contributed by atoms with van der Waals surface area (Å²) < 4.78 is 5.41. The van der Waals surface area contributed by atoms with Gasteiger partial charge in [-0.2, -0.15) is 0 Å². The smallest absolute Gasteiger partial charge is 0.119 e. The van der Waals surface area contributed by atoms with Gasteiger partial charge in [-0.25, -0.2) is 0 Å². The van der Waals surface area contributed by atoms with Crippen LogP contribution in [0.2, 0.25) is 5.02 Å². The SMILES string of the molecule is CCOc1ccc(Cc2cc(C(O)[C@H](O)[C@@H](O)[C@H](O)[C@H](O)CO)ccc2Cl)cc1. The first kappa shape index (κ1) is 23.6. The molecule has 2 aromatic rings. The van der Waals surface area contributed by atoms with Gasteiger partial charge in [0, 0.05) is 5.02 Å². The molecule has 0 spiro atoms. The van der Waals surface area contributed by atoms with E-state index in [0.717, 1.165) is 11.3 Å². The van der Waals surface area contributed by atoms with E-state index in [0.29, 0.717) is 23.6 Å². The molecule has 6 N–H and O–H groups in total. The van der Waals surface area contributed by atoms with Gasteiger partial charge in [0.15, 0.2) is 0 Å². The number of hydrogen-bond acceptors (Lipinski definition) is 7. The van der Waals surface area contributed by atoms with Gasteiger partial charge in [-0.05, 0) is 48.2 Å². The Labute approximate surface area is 174 Å². The van der Waals surface area contributed by atoms with E-state index in [4.69, 9.17) is 21.4 Å². The number of halogens is 1. The first-order valence-corrected chi connectivity index (χ1v) is 9.67. The van der Waals surface area contributed by atoms with Crippen LogP contribution in [0.4, 0.5) is 0 Å². The number of aliphatic hydroxyl groups is 6. The van der Waals surface area contributed by atoms with E-state index in [1.165, 1.54) is 6.07 Å². The molecule has 0 aliphatic carbocycles. The van der Waals surface area contributed by atoms with Gasteiger partial charge in [-0.1, -0.05) is 35.9 Å². The van der Waals surface area contributed by atoms with Crippen molar-refractivity contribution in [1.82, 2.24) is 0 Å². The number of hydrogen-bond donors (Lipinski definition) is 6. The minimum Gasteiger partial charge on any atom is -0.494 e. The Morgan fingerprint density at radius 1 is 0.897 bits per heavy atom. The van der Waals surface area contributed by atoms with Crippen LogP contribution >= 0.6 is 11.6 Å². The van der Waals surface area contributed by atoms with E-state index in [2.05, 4.69) is 0 Å². The standard InChI is InChI=1S/C21H27ClO7/c1-2-29-15-6-3-12(4-7-15)9-14-10-13(5-8-16(14)22)18(25)20(27)21(28)19(26)17(24)11-23/h3-8,10,17-21,23-28H,2,9,11H2,1H3/t17-,18?,19-,20+,21+/m1/s1. The van der Waals surface area contributed by atoms with Crippen LogP contribution in [-0.2, 0) is 6.42 Å². The maximum absolute atomic E-state index is 10.4. The molecule has 0 amide bonds. The summed E-state index contributed by atoms with van der Waals surface area (Å²) in [6.07, 6.45) is -8.19. The average molecular weight is 427 g/mol. The van der Waals surface area contributed by atoms with Crippen molar-refractivity contribution in [3.05, 3.63) is 64.2 Å². The summed E-state index contributed by atoms with van der Waals surface area (Å²) in [5.74, 6) is 0.757. The molecule has 0 aromatic heterocycles. The summed E-state index contributed by atoms with van der Waals surface area (Å²) in [4.78, 5) is 0. The molecule has 1 unspecified atom stereocenters. The fourth-order valence-electron chi connectivity index (χ4n) is 2.93. The lowest BCUT2D eigenvalue weighted by Crippen LogP contribution is -2.47. The molecular weight excluding hydrogens is 400 g/mol. The van der Waals surface area contributed by atoms with Gasteiger partial charge in [0.2, 0.25) is 0 Å². The van der Waals surface area contributed by atoms with E-state index >= 15 is 0 Å². The van der Waals surface area contributed by atoms with Crippen LogP contribution in [0.1, 0.15) is 29.7 Å². The van der Waals surface area contributed by atoms with E-state index < -0.39 is 37.1 Å². The molecule has 0 aliphatic rings. The van der Waals surface area contributed by atoms with Gasteiger partial charge in [0.05, 0.1) is 13.2 Å². The van der Waals surface area contributed by atoms with Crippen molar-refractivity contribution in [2.24, 2.45) is 0 Å². The predicted molar refractivity (Wildman–Crippen MR) is 108 cm³/mol. The Kier molecular flexibility index (Phi) is 8.85. The van der Waals surface area contributed by atoms with Crippen LogP contribution in [0.15, 0.2) is 42.5 Å². The van der Waals surface area contributed by atoms with E-state index in [1.807, 2.05) is 31.2 Å². The summed E-state index contributed by atoms with van der Waals surface area (Å²) in [7, 11) is 0. The van der Waals surface area contributed by atoms with Crippen molar-refractivity contribution >= 4 is 11.6 Å². The molecule has 8 heteroatoms. The molecule has 0 heterocycles. The molecule has 2 rings (SSSR count). The third kappa shape index (κ3) is 6.13. The Morgan fingerprint density at radius 3 is 2.14 bits per heavy atom. The maximum atomic E-state index is 10.4. The van der Waals surface area contributed by atoms with Crippen LogP contribution in [0.25, 0.3) is 0 Å². The Morgan fingerprint density at radius 2 is 1.55 bits per heavy atom. The van der Waals surface area contributed by atoms with E-state index in [1.54, 1.807) is 12.1 Å². The predicted octanol–water partition coefficient (Wildman–Crippen LogP) is 0.799. The first-order valence-electron chi connectivity index (χ1n) is 9.29. The molecule has 29 heavy (non-hydrogen) atoms. The highest BCUT2D eigenvalue weighted by molar-refractivity contribution is 6.31. The third-order valence-electron chi connectivity index (χ3n) is 4.64. The monoisotopic (exact) mass is 426 g/mol. The molecule has 0 bridgehead atoms. The molecule has 0 fully saturated rings.